The summed E-state index contributed by atoms with van der Waals surface area (Å²) < 4.78 is 40.6. The molecule has 1 atom stereocenters. The van der Waals surface area contributed by atoms with Gasteiger partial charge in [-0.3, -0.25) is 0 Å². The highest BCUT2D eigenvalue weighted by Gasteiger charge is 2.25. The molecule has 2 rings (SSSR count). The molecule has 1 unspecified atom stereocenters. The number of likely N-dealkylation sites (tertiary alicyclic amines) is 1. The van der Waals surface area contributed by atoms with E-state index in [4.69, 9.17) is 5.73 Å². The van der Waals surface area contributed by atoms with Gasteiger partial charge in [0.15, 0.2) is 0 Å². The van der Waals surface area contributed by atoms with Gasteiger partial charge in [0.25, 0.3) is 0 Å². The third-order valence-electron chi connectivity index (χ3n) is 3.79. The highest BCUT2D eigenvalue weighted by molar-refractivity contribution is 7.89. The van der Waals surface area contributed by atoms with E-state index in [0.717, 1.165) is 25.5 Å². The van der Waals surface area contributed by atoms with Crippen LogP contribution in [0.3, 0.4) is 0 Å². The van der Waals surface area contributed by atoms with Crippen molar-refractivity contribution in [1.29, 1.82) is 0 Å². The lowest BCUT2D eigenvalue weighted by molar-refractivity contribution is 0.310. The van der Waals surface area contributed by atoms with E-state index in [0.29, 0.717) is 5.56 Å². The van der Waals surface area contributed by atoms with Crippen molar-refractivity contribution in [1.82, 2.24) is 9.62 Å². The van der Waals surface area contributed by atoms with Gasteiger partial charge in [0.05, 0.1) is 0 Å². The van der Waals surface area contributed by atoms with Gasteiger partial charge in [0, 0.05) is 18.3 Å². The molecule has 1 aromatic rings. The van der Waals surface area contributed by atoms with E-state index in [-0.39, 0.29) is 23.2 Å². The minimum absolute atomic E-state index is 0.163. The van der Waals surface area contributed by atoms with E-state index >= 15 is 0 Å². The number of anilines is 1. The van der Waals surface area contributed by atoms with Gasteiger partial charge in [-0.2, -0.15) is 0 Å². The topological polar surface area (TPSA) is 75.4 Å². The summed E-state index contributed by atoms with van der Waals surface area (Å²) in [5, 5.41) is 0. The molecule has 0 bridgehead atoms. The zero-order valence-electron chi connectivity index (χ0n) is 11.7. The molecule has 5 nitrogen and oxygen atoms in total. The Kier molecular flexibility index (Phi) is 4.31. The van der Waals surface area contributed by atoms with E-state index in [1.807, 2.05) is 7.05 Å². The number of hydrogen-bond acceptors (Lipinski definition) is 4. The first-order valence-corrected chi connectivity index (χ1v) is 8.05. The van der Waals surface area contributed by atoms with Crippen LogP contribution in [0, 0.1) is 12.7 Å². The number of sulfonamides is 1. The fourth-order valence-electron chi connectivity index (χ4n) is 2.40. The van der Waals surface area contributed by atoms with Gasteiger partial charge >= 0.3 is 0 Å². The standard InChI is InChI=1S/C13H20FN3O2S/c1-9-6-11(14)13(7-12(9)15)20(18,19)16-8-10-4-3-5-17(10)2/h6-7,10,16H,3-5,8,15H2,1-2H3. The Labute approximate surface area is 119 Å². The van der Waals surface area contributed by atoms with Gasteiger partial charge in [-0.1, -0.05) is 0 Å². The van der Waals surface area contributed by atoms with Crippen LogP contribution in [0.1, 0.15) is 18.4 Å². The third-order valence-corrected chi connectivity index (χ3v) is 5.23. The summed E-state index contributed by atoms with van der Waals surface area (Å²) in [6.07, 6.45) is 1.99. The molecular formula is C13H20FN3O2S. The molecule has 0 radical (unpaired) electrons. The van der Waals surface area contributed by atoms with Crippen LogP contribution < -0.4 is 10.5 Å². The second-order valence-electron chi connectivity index (χ2n) is 5.27. The number of nitrogen functional groups attached to an aromatic ring is 1. The summed E-state index contributed by atoms with van der Waals surface area (Å²) in [5.74, 6) is -0.774. The second kappa shape index (κ2) is 5.67. The van der Waals surface area contributed by atoms with Crippen molar-refractivity contribution in [3.8, 4) is 0 Å². The van der Waals surface area contributed by atoms with E-state index in [1.54, 1.807) is 6.92 Å². The number of nitrogens with two attached hydrogens (primary N) is 1. The van der Waals surface area contributed by atoms with Gasteiger partial charge < -0.3 is 10.6 Å². The fraction of sp³-hybridized carbons (Fsp3) is 0.538. The van der Waals surface area contributed by atoms with Crippen LogP contribution in [0.4, 0.5) is 10.1 Å². The predicted octanol–water partition coefficient (Wildman–Crippen LogP) is 1.09. The number of nitrogens with zero attached hydrogens (tertiary/aromatic N) is 1. The van der Waals surface area contributed by atoms with Crippen LogP contribution in [-0.4, -0.2) is 39.5 Å². The molecule has 7 heteroatoms. The molecule has 1 aromatic carbocycles. The molecule has 0 spiro atoms. The summed E-state index contributed by atoms with van der Waals surface area (Å²) in [6.45, 7) is 2.88. The van der Waals surface area contributed by atoms with Crippen LogP contribution in [0.15, 0.2) is 17.0 Å². The summed E-state index contributed by atoms with van der Waals surface area (Å²) in [7, 11) is -1.92. The quantitative estimate of drug-likeness (QED) is 0.816. The third kappa shape index (κ3) is 3.11. The molecule has 1 aliphatic heterocycles. The average Bonchev–Trinajstić information content (AvgIpc) is 2.77. The molecule has 20 heavy (non-hydrogen) atoms. The summed E-state index contributed by atoms with van der Waals surface area (Å²) >= 11 is 0. The largest absolute Gasteiger partial charge is 0.398 e. The minimum atomic E-state index is -3.87. The van der Waals surface area contributed by atoms with Gasteiger partial charge in [0.2, 0.25) is 10.0 Å². The molecule has 3 N–H and O–H groups in total. The number of likely N-dealkylation sites (N-methyl/N-ethyl adjacent to an activating group) is 1. The summed E-state index contributed by atoms with van der Waals surface area (Å²) in [4.78, 5) is 1.71. The van der Waals surface area contributed by atoms with Crippen molar-refractivity contribution >= 4 is 15.7 Å². The zero-order chi connectivity index (χ0) is 14.9. The number of benzene rings is 1. The number of halogens is 1. The predicted molar refractivity (Wildman–Crippen MR) is 76.4 cm³/mol. The van der Waals surface area contributed by atoms with E-state index < -0.39 is 15.8 Å². The first kappa shape index (κ1) is 15.2. The smallest absolute Gasteiger partial charge is 0.243 e. The normalized spacial score (nSPS) is 20.4. The molecule has 0 saturated carbocycles. The van der Waals surface area contributed by atoms with Gasteiger partial charge in [-0.05, 0) is 51.1 Å². The second-order valence-corrected chi connectivity index (χ2v) is 7.00. The first-order valence-electron chi connectivity index (χ1n) is 6.57. The SMILES string of the molecule is Cc1cc(F)c(S(=O)(=O)NCC2CCCN2C)cc1N. The number of hydrogen-bond donors (Lipinski definition) is 2. The first-order chi connectivity index (χ1) is 9.31. The Morgan fingerprint density at radius 1 is 1.50 bits per heavy atom. The summed E-state index contributed by atoms with van der Waals surface area (Å²) in [5.41, 5.74) is 6.45. The van der Waals surface area contributed by atoms with Gasteiger partial charge in [-0.15, -0.1) is 0 Å². The Morgan fingerprint density at radius 2 is 2.20 bits per heavy atom. The van der Waals surface area contributed by atoms with Crippen LogP contribution in [0.25, 0.3) is 0 Å². The Morgan fingerprint density at radius 3 is 2.80 bits per heavy atom. The Balaban J connectivity index is 2.16. The molecular weight excluding hydrogens is 281 g/mol. The molecule has 1 aliphatic rings. The molecule has 0 aliphatic carbocycles. The van der Waals surface area contributed by atoms with Crippen LogP contribution in [0.2, 0.25) is 0 Å². The van der Waals surface area contributed by atoms with Crippen LogP contribution >= 0.6 is 0 Å². The van der Waals surface area contributed by atoms with E-state index in [9.17, 15) is 12.8 Å². The number of nitrogens with one attached hydrogen (secondary N) is 1. The zero-order valence-corrected chi connectivity index (χ0v) is 12.5. The lowest BCUT2D eigenvalue weighted by Gasteiger charge is -2.20. The lowest BCUT2D eigenvalue weighted by Crippen LogP contribution is -2.38. The maximum absolute atomic E-state index is 13.8. The molecule has 1 heterocycles. The maximum atomic E-state index is 13.8. The average molecular weight is 301 g/mol. The summed E-state index contributed by atoms with van der Waals surface area (Å²) in [6, 6.07) is 2.48. The van der Waals surface area contributed by atoms with Crippen molar-refractivity contribution in [2.75, 3.05) is 25.9 Å². The molecule has 1 saturated heterocycles. The van der Waals surface area contributed by atoms with Crippen LogP contribution in [0.5, 0.6) is 0 Å². The Hall–Kier alpha value is -1.18. The van der Waals surface area contributed by atoms with E-state index in [1.165, 1.54) is 6.07 Å². The van der Waals surface area contributed by atoms with Crippen molar-refractivity contribution < 1.29 is 12.8 Å². The number of aryl methyl sites for hydroxylation is 1. The number of rotatable bonds is 4. The molecule has 1 fully saturated rings. The van der Waals surface area contributed by atoms with Gasteiger partial charge in [0.1, 0.15) is 10.7 Å². The van der Waals surface area contributed by atoms with Gasteiger partial charge in [-0.25, -0.2) is 17.5 Å². The molecule has 0 aromatic heterocycles. The van der Waals surface area contributed by atoms with E-state index in [2.05, 4.69) is 9.62 Å². The van der Waals surface area contributed by atoms with Crippen molar-refractivity contribution in [3.63, 3.8) is 0 Å². The Bertz CT molecular complexity index is 604. The van der Waals surface area contributed by atoms with Crippen molar-refractivity contribution in [2.24, 2.45) is 0 Å². The fourth-order valence-corrected chi connectivity index (χ4v) is 3.56. The van der Waals surface area contributed by atoms with Crippen LogP contribution in [-0.2, 0) is 10.0 Å². The molecule has 0 amide bonds. The molecule has 112 valence electrons. The maximum Gasteiger partial charge on any atom is 0.243 e. The highest BCUT2D eigenvalue weighted by Crippen LogP contribution is 2.22. The van der Waals surface area contributed by atoms with Crippen molar-refractivity contribution in [3.05, 3.63) is 23.5 Å². The minimum Gasteiger partial charge on any atom is -0.398 e. The van der Waals surface area contributed by atoms with Crippen molar-refractivity contribution in [2.45, 2.75) is 30.7 Å². The lowest BCUT2D eigenvalue weighted by atomic mass is 10.2. The monoisotopic (exact) mass is 301 g/mol. The highest BCUT2D eigenvalue weighted by atomic mass is 32.2.